The van der Waals surface area contributed by atoms with Gasteiger partial charge in [-0.1, -0.05) is 6.92 Å². The van der Waals surface area contributed by atoms with Gasteiger partial charge in [-0.15, -0.1) is 0 Å². The number of ether oxygens (including phenoxy) is 1. The van der Waals surface area contributed by atoms with Crippen molar-refractivity contribution in [2.24, 2.45) is 5.92 Å². The number of hydrogen-bond donors (Lipinski definition) is 1. The van der Waals surface area contributed by atoms with Gasteiger partial charge in [0.05, 0.1) is 6.61 Å². The maximum absolute atomic E-state index is 8.84. The summed E-state index contributed by atoms with van der Waals surface area (Å²) in [4.78, 5) is 0. The summed E-state index contributed by atoms with van der Waals surface area (Å²) in [6.45, 7) is 1.91. The average Bonchev–Trinajstić information content (AvgIpc) is 2.28. The summed E-state index contributed by atoms with van der Waals surface area (Å²) in [6, 6.07) is -0.313. The quantitative estimate of drug-likeness (QED) is 0.576. The summed E-state index contributed by atoms with van der Waals surface area (Å²) in [5.41, 5.74) is 0. The van der Waals surface area contributed by atoms with Crippen LogP contribution in [0.2, 0.25) is 0 Å². The van der Waals surface area contributed by atoms with Crippen LogP contribution in [0.15, 0.2) is 0 Å². The van der Waals surface area contributed by atoms with Crippen molar-refractivity contribution < 1.29 is 12.9 Å². The second kappa shape index (κ2) is 4.07. The number of aliphatic hydroxyl groups excluding tert-OH is 1. The van der Waals surface area contributed by atoms with Gasteiger partial charge < -0.3 is 12.9 Å². The molecule has 1 fully saturated rings. The Balaban J connectivity index is 2.57. The van der Waals surface area contributed by atoms with Crippen LogP contribution in [0.5, 0.6) is 0 Å². The Hall–Kier alpha value is 0.675. The van der Waals surface area contributed by atoms with Crippen molar-refractivity contribution in [1.29, 1.82) is 0 Å². The third kappa shape index (κ3) is 1.88. The molecule has 0 spiro atoms. The zero-order valence-electron chi connectivity index (χ0n) is 6.24. The van der Waals surface area contributed by atoms with E-state index >= 15 is 0 Å². The molecule has 2 radical (unpaired) electrons. The van der Waals surface area contributed by atoms with Gasteiger partial charge in [0.25, 0.3) is 0 Å². The fourth-order valence-corrected chi connectivity index (χ4v) is 2.00. The van der Waals surface area contributed by atoms with Crippen molar-refractivity contribution >= 4 is 30.9 Å². The second-order valence-corrected chi connectivity index (χ2v) is 3.24. The second-order valence-electron chi connectivity index (χ2n) is 2.73. The van der Waals surface area contributed by atoms with E-state index in [1.54, 1.807) is 23.0 Å². The molecule has 2 unspecified atom stereocenters. The van der Waals surface area contributed by atoms with Crippen LogP contribution in [0.1, 0.15) is 6.92 Å². The van der Waals surface area contributed by atoms with Gasteiger partial charge >= 0.3 is 0 Å². The Morgan fingerprint density at radius 2 is 2.36 bits per heavy atom. The molecule has 0 amide bonds. The van der Waals surface area contributed by atoms with E-state index in [4.69, 9.17) is 20.8 Å². The Kier molecular flexibility index (Phi) is 3.61. The zero-order valence-corrected chi connectivity index (χ0v) is 8.39. The number of halogens is 1. The molecule has 4 atom stereocenters. The molecule has 1 aliphatic rings. The van der Waals surface area contributed by atoms with Crippen molar-refractivity contribution in [2.75, 3.05) is 6.61 Å². The van der Waals surface area contributed by atoms with E-state index in [1.165, 1.54) is 0 Å². The molecule has 0 saturated carbocycles. The highest BCUT2D eigenvalue weighted by molar-refractivity contribution is 14.1. The van der Waals surface area contributed by atoms with Crippen LogP contribution >= 0.6 is 23.0 Å². The molecule has 0 aromatic rings. The van der Waals surface area contributed by atoms with Crippen LogP contribution in [0, 0.1) is 5.92 Å². The number of rotatable bonds is 2. The Morgan fingerprint density at radius 3 is 2.73 bits per heavy atom. The maximum atomic E-state index is 8.84. The predicted molar refractivity (Wildman–Crippen MR) is 49.6 cm³/mol. The van der Waals surface area contributed by atoms with Crippen LogP contribution < -0.4 is 0 Å². The lowest BCUT2D eigenvalue weighted by molar-refractivity contribution is 0.0136. The minimum atomic E-state index is -0.313. The zero-order chi connectivity index (χ0) is 8.43. The average molecular weight is 268 g/mol. The third-order valence-electron chi connectivity index (χ3n) is 2.02. The Bertz CT molecular complexity index is 135. The maximum Gasteiger partial charge on any atom is 0.110 e. The third-order valence-corrected chi connectivity index (χ3v) is 2.60. The van der Waals surface area contributed by atoms with E-state index < -0.39 is 0 Å². The van der Waals surface area contributed by atoms with Gasteiger partial charge in [-0.3, -0.25) is 0 Å². The van der Waals surface area contributed by atoms with E-state index in [2.05, 4.69) is 0 Å². The highest BCUT2D eigenvalue weighted by atomic mass is 127. The first kappa shape index (κ1) is 9.76. The Morgan fingerprint density at radius 1 is 1.73 bits per heavy atom. The summed E-state index contributed by atoms with van der Waals surface area (Å²) >= 11 is 1.81. The van der Waals surface area contributed by atoms with Crippen molar-refractivity contribution in [2.45, 2.75) is 25.1 Å². The first-order valence-electron chi connectivity index (χ1n) is 3.50. The molecule has 5 heteroatoms. The fourth-order valence-electron chi connectivity index (χ4n) is 1.21. The first-order valence-corrected chi connectivity index (χ1v) is 4.38. The van der Waals surface area contributed by atoms with Crippen molar-refractivity contribution in [3.05, 3.63) is 0 Å². The topological polar surface area (TPSA) is 38.7 Å². The minimum Gasteiger partial charge on any atom is -0.394 e. The van der Waals surface area contributed by atoms with Crippen molar-refractivity contribution in [3.8, 4) is 0 Å². The smallest absolute Gasteiger partial charge is 0.110 e. The largest absolute Gasteiger partial charge is 0.394 e. The molecule has 1 saturated heterocycles. The van der Waals surface area contributed by atoms with Gasteiger partial charge in [-0.25, -0.2) is 0 Å². The van der Waals surface area contributed by atoms with Gasteiger partial charge in [0, 0.05) is 11.9 Å². The molecule has 3 nitrogen and oxygen atoms in total. The minimum absolute atomic E-state index is 0.0360. The molecule has 0 aromatic heterocycles. The standard InChI is InChI=1S/C6H10BIO3/c1-3-5(11-8)4(2-9)10-6(3)7/h3-6,9H,2H2,1H3/t3?,4-,5?,6-/m1/s1. The molecular formula is C6H10BIO3. The highest BCUT2D eigenvalue weighted by Gasteiger charge is 2.39. The number of hydrogen-bond acceptors (Lipinski definition) is 3. The van der Waals surface area contributed by atoms with Crippen molar-refractivity contribution in [3.63, 3.8) is 0 Å². The van der Waals surface area contributed by atoms with Crippen LogP contribution in [0.25, 0.3) is 0 Å². The van der Waals surface area contributed by atoms with E-state index in [1.807, 2.05) is 6.92 Å². The SMILES string of the molecule is [B][C@@H]1O[C@H](CO)C(OI)C1C. The monoisotopic (exact) mass is 268 g/mol. The normalized spacial score (nSPS) is 44.6. The molecule has 1 aliphatic heterocycles. The summed E-state index contributed by atoms with van der Waals surface area (Å²) in [5, 5.41) is 8.84. The molecule has 0 aromatic carbocycles. The first-order chi connectivity index (χ1) is 5.20. The molecular weight excluding hydrogens is 258 g/mol. The molecule has 1 N–H and O–H groups in total. The fraction of sp³-hybridized carbons (Fsp3) is 1.00. The van der Waals surface area contributed by atoms with E-state index in [0.717, 1.165) is 0 Å². The van der Waals surface area contributed by atoms with Crippen LogP contribution in [-0.4, -0.2) is 37.8 Å². The lowest BCUT2D eigenvalue weighted by atomic mass is 9.86. The van der Waals surface area contributed by atoms with Gasteiger partial charge in [0.15, 0.2) is 0 Å². The van der Waals surface area contributed by atoms with Gasteiger partial charge in [0.1, 0.15) is 43.1 Å². The van der Waals surface area contributed by atoms with Crippen LogP contribution in [0.3, 0.4) is 0 Å². The molecule has 1 heterocycles. The molecule has 0 bridgehead atoms. The Labute approximate surface area is 81.5 Å². The van der Waals surface area contributed by atoms with Crippen LogP contribution in [0.4, 0.5) is 0 Å². The summed E-state index contributed by atoms with van der Waals surface area (Å²) in [6.07, 6.45) is -0.354. The van der Waals surface area contributed by atoms with Crippen LogP contribution in [-0.2, 0) is 7.80 Å². The molecule has 1 rings (SSSR count). The van der Waals surface area contributed by atoms with Gasteiger partial charge in [-0.05, 0) is 0 Å². The molecule has 62 valence electrons. The van der Waals surface area contributed by atoms with Crippen molar-refractivity contribution in [1.82, 2.24) is 0 Å². The van der Waals surface area contributed by atoms with Gasteiger partial charge in [-0.2, -0.15) is 0 Å². The van der Waals surface area contributed by atoms with E-state index in [0.29, 0.717) is 0 Å². The molecule has 11 heavy (non-hydrogen) atoms. The summed E-state index contributed by atoms with van der Waals surface area (Å²) < 4.78 is 10.3. The lowest BCUT2D eigenvalue weighted by Crippen LogP contribution is -2.28. The molecule has 0 aliphatic carbocycles. The van der Waals surface area contributed by atoms with Gasteiger partial charge in [0.2, 0.25) is 0 Å². The highest BCUT2D eigenvalue weighted by Crippen LogP contribution is 2.28. The summed E-state index contributed by atoms with van der Waals surface area (Å²) in [7, 11) is 5.59. The summed E-state index contributed by atoms with van der Waals surface area (Å²) in [5.74, 6) is 0.143. The number of aliphatic hydroxyl groups is 1. The van der Waals surface area contributed by atoms with E-state index in [9.17, 15) is 0 Å². The lowest BCUT2D eigenvalue weighted by Gasteiger charge is -2.15. The predicted octanol–water partition coefficient (Wildman–Crippen LogP) is 0.243. The van der Waals surface area contributed by atoms with E-state index in [-0.39, 0.29) is 30.7 Å².